The highest BCUT2D eigenvalue weighted by molar-refractivity contribution is 5.94. The van der Waals surface area contributed by atoms with Gasteiger partial charge in [0, 0.05) is 43.3 Å². The minimum Gasteiger partial charge on any atom is -0.467 e. The summed E-state index contributed by atoms with van der Waals surface area (Å²) in [6, 6.07) is 9.59. The molecule has 1 saturated carbocycles. The first-order chi connectivity index (χ1) is 13.6. The van der Waals surface area contributed by atoms with Gasteiger partial charge in [-0.15, -0.1) is 0 Å². The largest absolute Gasteiger partial charge is 0.467 e. The first-order valence-electron chi connectivity index (χ1n) is 10.1. The van der Waals surface area contributed by atoms with Crippen molar-refractivity contribution in [2.24, 2.45) is 11.3 Å². The lowest BCUT2D eigenvalue weighted by molar-refractivity contribution is -0.141. The highest BCUT2D eigenvalue weighted by atomic mass is 16.3. The van der Waals surface area contributed by atoms with E-state index in [1.54, 1.807) is 6.26 Å². The maximum Gasteiger partial charge on any atom is 0.228 e. The Balaban J connectivity index is 1.89. The molecule has 156 valence electrons. The van der Waals surface area contributed by atoms with Gasteiger partial charge in [0.15, 0.2) is 0 Å². The number of anilines is 2. The van der Waals surface area contributed by atoms with Crippen LogP contribution in [-0.2, 0) is 22.7 Å². The van der Waals surface area contributed by atoms with Gasteiger partial charge in [0.05, 0.1) is 12.8 Å². The van der Waals surface area contributed by atoms with Crippen LogP contribution in [0.3, 0.4) is 0 Å². The smallest absolute Gasteiger partial charge is 0.228 e. The SMILES string of the molecule is CN(C)c1ccc(NC(=O)C2CC2)cc1CN(Cc1ccco1)C(=O)C(C)(C)C. The van der Waals surface area contributed by atoms with Crippen LogP contribution >= 0.6 is 0 Å². The molecule has 29 heavy (non-hydrogen) atoms. The fraction of sp³-hybridized carbons (Fsp3) is 0.478. The molecular weight excluding hydrogens is 366 g/mol. The molecule has 3 rings (SSSR count). The molecule has 1 aromatic heterocycles. The van der Waals surface area contributed by atoms with Gasteiger partial charge in [0.2, 0.25) is 11.8 Å². The van der Waals surface area contributed by atoms with Crippen LogP contribution in [0.5, 0.6) is 0 Å². The molecule has 1 aliphatic rings. The first-order valence-corrected chi connectivity index (χ1v) is 10.1. The summed E-state index contributed by atoms with van der Waals surface area (Å²) in [5, 5.41) is 3.01. The number of carbonyl (C=O) groups excluding carboxylic acids is 2. The molecule has 1 heterocycles. The minimum atomic E-state index is -0.511. The van der Waals surface area contributed by atoms with Crippen molar-refractivity contribution in [3.8, 4) is 0 Å². The third-order valence-electron chi connectivity index (χ3n) is 4.99. The van der Waals surface area contributed by atoms with Gasteiger partial charge in [-0.1, -0.05) is 20.8 Å². The third-order valence-corrected chi connectivity index (χ3v) is 4.99. The average Bonchev–Trinajstić information content (AvgIpc) is 3.37. The van der Waals surface area contributed by atoms with Gasteiger partial charge in [0.25, 0.3) is 0 Å². The lowest BCUT2D eigenvalue weighted by Gasteiger charge is -2.30. The average molecular weight is 398 g/mol. The van der Waals surface area contributed by atoms with Gasteiger partial charge in [-0.3, -0.25) is 9.59 Å². The van der Waals surface area contributed by atoms with E-state index in [0.29, 0.717) is 13.1 Å². The molecule has 2 aromatic rings. The molecule has 1 aliphatic carbocycles. The van der Waals surface area contributed by atoms with Crippen LogP contribution in [-0.4, -0.2) is 30.8 Å². The van der Waals surface area contributed by atoms with Crippen molar-refractivity contribution in [1.82, 2.24) is 4.90 Å². The summed E-state index contributed by atoms with van der Waals surface area (Å²) in [4.78, 5) is 29.2. The van der Waals surface area contributed by atoms with E-state index in [4.69, 9.17) is 4.42 Å². The summed E-state index contributed by atoms with van der Waals surface area (Å²) in [6.45, 7) is 6.59. The monoisotopic (exact) mass is 397 g/mol. The highest BCUT2D eigenvalue weighted by Gasteiger charge is 2.30. The topological polar surface area (TPSA) is 65.8 Å². The molecule has 0 atom stereocenters. The number of furan rings is 1. The quantitative estimate of drug-likeness (QED) is 0.758. The van der Waals surface area contributed by atoms with Gasteiger partial charge in [-0.05, 0) is 48.7 Å². The van der Waals surface area contributed by atoms with Crippen LogP contribution in [0.15, 0.2) is 41.0 Å². The molecule has 0 unspecified atom stereocenters. The number of rotatable bonds is 7. The summed E-state index contributed by atoms with van der Waals surface area (Å²) in [7, 11) is 3.95. The molecule has 2 amide bonds. The summed E-state index contributed by atoms with van der Waals surface area (Å²) in [6.07, 6.45) is 3.55. The van der Waals surface area contributed by atoms with Crippen molar-refractivity contribution in [1.29, 1.82) is 0 Å². The second kappa shape index (κ2) is 8.31. The number of benzene rings is 1. The van der Waals surface area contributed by atoms with Crippen LogP contribution in [0.2, 0.25) is 0 Å². The Hall–Kier alpha value is -2.76. The number of nitrogens with zero attached hydrogens (tertiary/aromatic N) is 2. The van der Waals surface area contributed by atoms with E-state index in [-0.39, 0.29) is 17.7 Å². The fourth-order valence-corrected chi connectivity index (χ4v) is 3.29. The van der Waals surface area contributed by atoms with E-state index < -0.39 is 5.41 Å². The van der Waals surface area contributed by atoms with E-state index in [1.165, 1.54) is 0 Å². The molecule has 0 bridgehead atoms. The predicted octanol–water partition coefficient (Wildman–Crippen LogP) is 4.27. The Morgan fingerprint density at radius 3 is 2.41 bits per heavy atom. The van der Waals surface area contributed by atoms with Crippen LogP contribution < -0.4 is 10.2 Å². The number of amides is 2. The van der Waals surface area contributed by atoms with Gasteiger partial charge in [-0.2, -0.15) is 0 Å². The van der Waals surface area contributed by atoms with Crippen molar-refractivity contribution in [3.05, 3.63) is 47.9 Å². The first kappa shape index (κ1) is 21.0. The molecular formula is C23H31N3O3. The number of carbonyl (C=O) groups is 2. The summed E-state index contributed by atoms with van der Waals surface area (Å²) in [5.74, 6) is 1.01. The predicted molar refractivity (Wildman–Crippen MR) is 115 cm³/mol. The molecule has 0 saturated heterocycles. The molecule has 1 fully saturated rings. The zero-order valence-electron chi connectivity index (χ0n) is 18.0. The van der Waals surface area contributed by atoms with Gasteiger partial charge < -0.3 is 19.5 Å². The molecule has 0 spiro atoms. The standard InChI is InChI=1S/C23H31N3O3/c1-23(2,3)22(28)26(15-19-7-6-12-29-19)14-17-13-18(10-11-20(17)25(4)5)24-21(27)16-8-9-16/h6-7,10-13,16H,8-9,14-15H2,1-5H3,(H,24,27). The maximum absolute atomic E-state index is 13.1. The van der Waals surface area contributed by atoms with E-state index in [1.807, 2.05) is 75.0 Å². The molecule has 0 aliphatic heterocycles. The molecule has 6 heteroatoms. The number of hydrogen-bond donors (Lipinski definition) is 1. The fourth-order valence-electron chi connectivity index (χ4n) is 3.29. The van der Waals surface area contributed by atoms with E-state index in [9.17, 15) is 9.59 Å². The third kappa shape index (κ3) is 5.40. The van der Waals surface area contributed by atoms with Crippen LogP contribution in [0.4, 0.5) is 11.4 Å². The van der Waals surface area contributed by atoms with Gasteiger partial charge in [0.1, 0.15) is 5.76 Å². The zero-order valence-corrected chi connectivity index (χ0v) is 18.0. The number of nitrogens with one attached hydrogen (secondary N) is 1. The molecule has 1 N–H and O–H groups in total. The van der Waals surface area contributed by atoms with Crippen LogP contribution in [0.1, 0.15) is 44.9 Å². The Morgan fingerprint density at radius 2 is 1.86 bits per heavy atom. The van der Waals surface area contributed by atoms with E-state index in [2.05, 4.69) is 5.32 Å². The summed E-state index contributed by atoms with van der Waals surface area (Å²) in [5.41, 5.74) is 2.25. The molecule has 6 nitrogen and oxygen atoms in total. The van der Waals surface area contributed by atoms with Crippen molar-refractivity contribution in [2.45, 2.75) is 46.7 Å². The van der Waals surface area contributed by atoms with Crippen LogP contribution in [0.25, 0.3) is 0 Å². The Labute approximate surface area is 172 Å². The lowest BCUT2D eigenvalue weighted by atomic mass is 9.94. The molecule has 0 radical (unpaired) electrons. The minimum absolute atomic E-state index is 0.0472. The highest BCUT2D eigenvalue weighted by Crippen LogP contribution is 2.32. The van der Waals surface area contributed by atoms with Crippen molar-refractivity contribution < 1.29 is 14.0 Å². The molecule has 1 aromatic carbocycles. The second-order valence-electron chi connectivity index (χ2n) is 8.99. The summed E-state index contributed by atoms with van der Waals surface area (Å²) < 4.78 is 5.49. The van der Waals surface area contributed by atoms with E-state index >= 15 is 0 Å². The van der Waals surface area contributed by atoms with Crippen molar-refractivity contribution in [2.75, 3.05) is 24.3 Å². The van der Waals surface area contributed by atoms with E-state index in [0.717, 1.165) is 35.5 Å². The lowest BCUT2D eigenvalue weighted by Crippen LogP contribution is -2.38. The Bertz CT molecular complexity index is 862. The van der Waals surface area contributed by atoms with Crippen molar-refractivity contribution in [3.63, 3.8) is 0 Å². The van der Waals surface area contributed by atoms with Crippen molar-refractivity contribution >= 4 is 23.2 Å². The maximum atomic E-state index is 13.1. The Morgan fingerprint density at radius 1 is 1.14 bits per heavy atom. The van der Waals surface area contributed by atoms with Crippen LogP contribution in [0, 0.1) is 11.3 Å². The number of hydrogen-bond acceptors (Lipinski definition) is 4. The summed E-state index contributed by atoms with van der Waals surface area (Å²) >= 11 is 0. The zero-order chi connectivity index (χ0) is 21.2. The normalized spacial score (nSPS) is 13.8. The Kier molecular flexibility index (Phi) is 6.01. The van der Waals surface area contributed by atoms with Gasteiger partial charge >= 0.3 is 0 Å². The second-order valence-corrected chi connectivity index (χ2v) is 8.99. The van der Waals surface area contributed by atoms with Gasteiger partial charge in [-0.25, -0.2) is 0 Å².